The average Bonchev–Trinajstić information content (AvgIpc) is 2.27. The summed E-state index contributed by atoms with van der Waals surface area (Å²) < 4.78 is 5.11. The Bertz CT molecular complexity index is 316. The Morgan fingerprint density at radius 2 is 2.07 bits per heavy atom. The first-order valence-corrected chi connectivity index (χ1v) is 5.70. The lowest BCUT2D eigenvalue weighted by molar-refractivity contribution is -0.149. The molecule has 0 amide bonds. The molecule has 0 bridgehead atoms. The van der Waals surface area contributed by atoms with Gasteiger partial charge in [0.15, 0.2) is 0 Å². The Kier molecular flexibility index (Phi) is 2.21. The van der Waals surface area contributed by atoms with E-state index in [1.165, 1.54) is 13.3 Å². The zero-order valence-corrected chi connectivity index (χ0v) is 10.0. The van der Waals surface area contributed by atoms with Crippen LogP contribution in [0.25, 0.3) is 0 Å². The molecule has 0 aromatic heterocycles. The van der Waals surface area contributed by atoms with Crippen molar-refractivity contribution >= 4 is 5.97 Å². The number of ether oxygens (including phenoxy) is 1. The van der Waals surface area contributed by atoms with Gasteiger partial charge in [-0.1, -0.05) is 32.9 Å². The van der Waals surface area contributed by atoms with Gasteiger partial charge in [-0.25, -0.2) is 0 Å². The summed E-state index contributed by atoms with van der Waals surface area (Å²) in [4.78, 5) is 10.8. The van der Waals surface area contributed by atoms with Gasteiger partial charge in [-0.3, -0.25) is 4.79 Å². The van der Waals surface area contributed by atoms with Gasteiger partial charge in [-0.15, -0.1) is 0 Å². The first-order valence-electron chi connectivity index (χ1n) is 5.70. The van der Waals surface area contributed by atoms with Crippen LogP contribution in [-0.4, -0.2) is 12.6 Å². The molecule has 0 aliphatic heterocycles. The highest BCUT2D eigenvalue weighted by molar-refractivity contribution is 5.65. The van der Waals surface area contributed by atoms with E-state index in [0.29, 0.717) is 17.9 Å². The second kappa shape index (κ2) is 3.10. The second-order valence-corrected chi connectivity index (χ2v) is 5.81. The van der Waals surface area contributed by atoms with E-state index in [4.69, 9.17) is 4.74 Å². The highest BCUT2D eigenvalue weighted by Gasteiger charge is 2.58. The third-order valence-electron chi connectivity index (χ3n) is 4.41. The summed E-state index contributed by atoms with van der Waals surface area (Å²) in [6.45, 7) is 8.94. The largest absolute Gasteiger partial charge is 0.466 e. The van der Waals surface area contributed by atoms with Crippen LogP contribution >= 0.6 is 0 Å². The number of carbonyl (C=O) groups excluding carboxylic acids is 1. The van der Waals surface area contributed by atoms with E-state index in [9.17, 15) is 4.79 Å². The maximum absolute atomic E-state index is 10.8. The lowest BCUT2D eigenvalue weighted by atomic mass is 9.51. The van der Waals surface area contributed by atoms with Gasteiger partial charge in [0, 0.05) is 12.8 Å². The Balaban J connectivity index is 2.00. The summed E-state index contributed by atoms with van der Waals surface area (Å²) in [5, 5.41) is 0. The predicted molar refractivity (Wildman–Crippen MR) is 59.3 cm³/mol. The first-order chi connectivity index (χ1) is 6.86. The highest BCUT2D eigenvalue weighted by atomic mass is 16.5. The van der Waals surface area contributed by atoms with Crippen LogP contribution in [0.2, 0.25) is 0 Å². The standard InChI is InChI=1S/C13H20O2/c1-9(14)15-8-10-7-11-12(2,3)5-6-13(10,11)4/h5-6,10-11H,7-8H2,1-4H3/t10-,11+,13+/m0/s1. The van der Waals surface area contributed by atoms with Crippen molar-refractivity contribution in [3.63, 3.8) is 0 Å². The van der Waals surface area contributed by atoms with Gasteiger partial charge in [0.2, 0.25) is 0 Å². The van der Waals surface area contributed by atoms with E-state index in [0.717, 1.165) is 5.92 Å². The van der Waals surface area contributed by atoms with E-state index in [1.54, 1.807) is 0 Å². The van der Waals surface area contributed by atoms with Crippen molar-refractivity contribution in [2.45, 2.75) is 34.1 Å². The monoisotopic (exact) mass is 208 g/mol. The van der Waals surface area contributed by atoms with Crippen LogP contribution < -0.4 is 0 Å². The van der Waals surface area contributed by atoms with Crippen LogP contribution in [0, 0.1) is 22.7 Å². The maximum atomic E-state index is 10.8. The number of esters is 1. The van der Waals surface area contributed by atoms with Crippen LogP contribution in [0.1, 0.15) is 34.1 Å². The summed E-state index contributed by atoms with van der Waals surface area (Å²) in [5.41, 5.74) is 0.584. The number of rotatable bonds is 2. The summed E-state index contributed by atoms with van der Waals surface area (Å²) in [6.07, 6.45) is 5.84. The molecule has 2 aliphatic carbocycles. The number of allylic oxidation sites excluding steroid dienone is 2. The molecule has 0 saturated heterocycles. The predicted octanol–water partition coefficient (Wildman–Crippen LogP) is 2.79. The molecule has 0 heterocycles. The second-order valence-electron chi connectivity index (χ2n) is 5.81. The van der Waals surface area contributed by atoms with Gasteiger partial charge in [0.1, 0.15) is 0 Å². The van der Waals surface area contributed by atoms with Crippen molar-refractivity contribution in [3.05, 3.63) is 12.2 Å². The third kappa shape index (κ3) is 1.51. The van der Waals surface area contributed by atoms with Crippen LogP contribution in [0.5, 0.6) is 0 Å². The van der Waals surface area contributed by atoms with Gasteiger partial charge < -0.3 is 4.74 Å². The van der Waals surface area contributed by atoms with Crippen molar-refractivity contribution in [2.75, 3.05) is 6.61 Å². The van der Waals surface area contributed by atoms with Crippen molar-refractivity contribution in [2.24, 2.45) is 22.7 Å². The van der Waals surface area contributed by atoms with Crippen molar-refractivity contribution < 1.29 is 9.53 Å². The number of fused-ring (bicyclic) bond motifs is 1. The fraction of sp³-hybridized carbons (Fsp3) is 0.769. The zero-order valence-electron chi connectivity index (χ0n) is 10.0. The topological polar surface area (TPSA) is 26.3 Å². The van der Waals surface area contributed by atoms with Crippen LogP contribution in [0.15, 0.2) is 12.2 Å². The van der Waals surface area contributed by atoms with Crippen LogP contribution in [-0.2, 0) is 9.53 Å². The molecule has 0 unspecified atom stereocenters. The summed E-state index contributed by atoms with van der Waals surface area (Å²) in [6, 6.07) is 0. The molecule has 2 nitrogen and oxygen atoms in total. The molecule has 0 radical (unpaired) electrons. The summed E-state index contributed by atoms with van der Waals surface area (Å²) >= 11 is 0. The molecule has 0 aromatic carbocycles. The number of hydrogen-bond donors (Lipinski definition) is 0. The van der Waals surface area contributed by atoms with E-state index in [-0.39, 0.29) is 11.4 Å². The molecule has 2 heteroatoms. The van der Waals surface area contributed by atoms with Gasteiger partial charge in [0.05, 0.1) is 6.61 Å². The summed E-state index contributed by atoms with van der Waals surface area (Å²) in [5.74, 6) is 1.08. The minimum absolute atomic E-state index is 0.164. The van der Waals surface area contributed by atoms with E-state index in [1.807, 2.05) is 0 Å². The Labute approximate surface area is 91.7 Å². The fourth-order valence-electron chi connectivity index (χ4n) is 3.25. The molecular weight excluding hydrogens is 188 g/mol. The lowest BCUT2D eigenvalue weighted by Crippen LogP contribution is -2.50. The van der Waals surface area contributed by atoms with E-state index in [2.05, 4.69) is 32.9 Å². The molecule has 2 rings (SSSR count). The SMILES string of the molecule is CC(=O)OC[C@@H]1C[C@@H]2C(C)(C)C=C[C@]12C. The maximum Gasteiger partial charge on any atom is 0.302 e. The van der Waals surface area contributed by atoms with E-state index < -0.39 is 0 Å². The van der Waals surface area contributed by atoms with Gasteiger partial charge >= 0.3 is 5.97 Å². The van der Waals surface area contributed by atoms with Gasteiger partial charge in [0.25, 0.3) is 0 Å². The average molecular weight is 208 g/mol. The Morgan fingerprint density at radius 1 is 1.40 bits per heavy atom. The summed E-state index contributed by atoms with van der Waals surface area (Å²) in [7, 11) is 0. The van der Waals surface area contributed by atoms with Gasteiger partial charge in [-0.2, -0.15) is 0 Å². The molecule has 0 spiro atoms. The Morgan fingerprint density at radius 3 is 2.60 bits per heavy atom. The Hall–Kier alpha value is -0.790. The highest BCUT2D eigenvalue weighted by Crippen LogP contribution is 2.63. The lowest BCUT2D eigenvalue weighted by Gasteiger charge is -2.54. The molecule has 15 heavy (non-hydrogen) atoms. The molecule has 3 atom stereocenters. The van der Waals surface area contributed by atoms with Crippen LogP contribution in [0.4, 0.5) is 0 Å². The molecule has 1 saturated carbocycles. The number of hydrogen-bond acceptors (Lipinski definition) is 2. The smallest absolute Gasteiger partial charge is 0.302 e. The fourth-order valence-corrected chi connectivity index (χ4v) is 3.25. The molecule has 84 valence electrons. The van der Waals surface area contributed by atoms with Crippen molar-refractivity contribution in [1.29, 1.82) is 0 Å². The zero-order chi connectivity index (χ0) is 11.3. The molecule has 2 aliphatic rings. The molecule has 0 aromatic rings. The molecule has 0 N–H and O–H groups in total. The van der Waals surface area contributed by atoms with E-state index >= 15 is 0 Å². The normalized spacial score (nSPS) is 40.8. The molecule has 1 fully saturated rings. The van der Waals surface area contributed by atoms with Crippen LogP contribution in [0.3, 0.4) is 0 Å². The first kappa shape index (κ1) is 10.7. The van der Waals surface area contributed by atoms with Crippen molar-refractivity contribution in [3.8, 4) is 0 Å². The quantitative estimate of drug-likeness (QED) is 0.515. The molecular formula is C13H20O2. The minimum Gasteiger partial charge on any atom is -0.466 e. The van der Waals surface area contributed by atoms with Crippen molar-refractivity contribution in [1.82, 2.24) is 0 Å². The third-order valence-corrected chi connectivity index (χ3v) is 4.41. The minimum atomic E-state index is -0.164. The van der Waals surface area contributed by atoms with Gasteiger partial charge in [-0.05, 0) is 23.2 Å². The number of carbonyl (C=O) groups is 1.